The molecule has 0 atom stereocenters. The number of halogens is 2. The topological polar surface area (TPSA) is 88.1 Å². The van der Waals surface area contributed by atoms with Crippen LogP contribution in [0.5, 0.6) is 5.75 Å². The number of nitrogens with one attached hydrogen (secondary N) is 1. The molecule has 2 N–H and O–H groups in total. The van der Waals surface area contributed by atoms with Crippen molar-refractivity contribution >= 4 is 17.6 Å². The first-order chi connectivity index (χ1) is 11.4. The Morgan fingerprint density at radius 3 is 2.67 bits per heavy atom. The third kappa shape index (κ3) is 3.30. The van der Waals surface area contributed by atoms with Gasteiger partial charge in [-0.3, -0.25) is 4.79 Å². The van der Waals surface area contributed by atoms with E-state index in [0.717, 1.165) is 19.2 Å². The normalized spacial score (nSPS) is 14.2. The van der Waals surface area contributed by atoms with E-state index < -0.39 is 23.5 Å². The van der Waals surface area contributed by atoms with Gasteiger partial charge in [0.2, 0.25) is 5.82 Å². The van der Waals surface area contributed by atoms with E-state index in [1.165, 1.54) is 12.0 Å². The predicted molar refractivity (Wildman–Crippen MR) is 79.2 cm³/mol. The summed E-state index contributed by atoms with van der Waals surface area (Å²) in [6, 6.07) is 1.99. The molecule has 1 aliphatic rings. The number of benzene rings is 1. The van der Waals surface area contributed by atoms with Crippen molar-refractivity contribution in [3.05, 3.63) is 35.0 Å². The van der Waals surface area contributed by atoms with Crippen molar-refractivity contribution in [1.29, 1.82) is 0 Å². The Labute approximate surface area is 136 Å². The van der Waals surface area contributed by atoms with Gasteiger partial charge in [0.15, 0.2) is 11.6 Å². The standard InChI is InChI=1S/C15H16F2N2O5/c1-23-11-6-8(5-10(16)12(11)17)18-13-9(15(22)24-2)7-19(3-4-20)14(13)21/h5-6,18,20H,3-4,7H2,1-2H3. The molecule has 0 bridgehead atoms. The molecule has 0 radical (unpaired) electrons. The number of rotatable bonds is 6. The molecule has 0 fully saturated rings. The molecule has 0 spiro atoms. The van der Waals surface area contributed by atoms with Gasteiger partial charge in [0.05, 0.1) is 32.9 Å². The summed E-state index contributed by atoms with van der Waals surface area (Å²) in [5, 5.41) is 11.6. The lowest BCUT2D eigenvalue weighted by molar-refractivity contribution is -0.136. The Balaban J connectivity index is 2.38. The minimum atomic E-state index is -1.17. The largest absolute Gasteiger partial charge is 0.493 e. The van der Waals surface area contributed by atoms with Crippen molar-refractivity contribution in [2.75, 3.05) is 39.2 Å². The van der Waals surface area contributed by atoms with Crippen LogP contribution in [0.3, 0.4) is 0 Å². The smallest absolute Gasteiger partial charge is 0.337 e. The van der Waals surface area contributed by atoms with Crippen molar-refractivity contribution < 1.29 is 33.0 Å². The van der Waals surface area contributed by atoms with Crippen LogP contribution in [0.4, 0.5) is 14.5 Å². The Morgan fingerprint density at radius 1 is 1.38 bits per heavy atom. The van der Waals surface area contributed by atoms with Crippen LogP contribution in [0.2, 0.25) is 0 Å². The van der Waals surface area contributed by atoms with Crippen LogP contribution in [-0.4, -0.2) is 55.8 Å². The highest BCUT2D eigenvalue weighted by Gasteiger charge is 2.34. The number of hydrogen-bond donors (Lipinski definition) is 2. The maximum Gasteiger partial charge on any atom is 0.337 e. The second kappa shape index (κ2) is 7.26. The van der Waals surface area contributed by atoms with Crippen molar-refractivity contribution in [2.45, 2.75) is 0 Å². The number of carbonyl (C=O) groups is 2. The monoisotopic (exact) mass is 342 g/mol. The zero-order valence-corrected chi connectivity index (χ0v) is 13.1. The average molecular weight is 342 g/mol. The van der Waals surface area contributed by atoms with E-state index in [1.807, 2.05) is 0 Å². The highest BCUT2D eigenvalue weighted by atomic mass is 19.2. The number of nitrogens with zero attached hydrogens (tertiary/aromatic N) is 1. The van der Waals surface area contributed by atoms with E-state index in [4.69, 9.17) is 9.84 Å². The molecular weight excluding hydrogens is 326 g/mol. The fourth-order valence-electron chi connectivity index (χ4n) is 2.28. The number of anilines is 1. The Morgan fingerprint density at radius 2 is 2.08 bits per heavy atom. The molecule has 0 saturated carbocycles. The lowest BCUT2D eigenvalue weighted by Crippen LogP contribution is -2.31. The lowest BCUT2D eigenvalue weighted by Gasteiger charge is -2.15. The number of carbonyl (C=O) groups excluding carboxylic acids is 2. The Kier molecular flexibility index (Phi) is 5.35. The minimum absolute atomic E-state index is 0.0195. The molecule has 1 heterocycles. The quantitative estimate of drug-likeness (QED) is 0.738. The van der Waals surface area contributed by atoms with Gasteiger partial charge in [0.25, 0.3) is 5.91 Å². The molecule has 1 aromatic rings. The Hall–Kier alpha value is -2.68. The number of methoxy groups -OCH3 is 2. The number of ether oxygens (including phenoxy) is 2. The van der Waals surface area contributed by atoms with Crippen LogP contribution in [-0.2, 0) is 14.3 Å². The van der Waals surface area contributed by atoms with Gasteiger partial charge in [0, 0.05) is 24.4 Å². The molecule has 7 nitrogen and oxygen atoms in total. The zero-order chi connectivity index (χ0) is 17.9. The van der Waals surface area contributed by atoms with Gasteiger partial charge >= 0.3 is 5.97 Å². The first-order valence-electron chi connectivity index (χ1n) is 6.94. The van der Waals surface area contributed by atoms with Crippen molar-refractivity contribution in [3.63, 3.8) is 0 Å². The van der Waals surface area contributed by atoms with E-state index in [9.17, 15) is 18.4 Å². The number of β-amino-alcohol motifs (C(OH)–C–C–N with tert-alkyl or cyclic N) is 1. The first kappa shape index (κ1) is 17.7. The van der Waals surface area contributed by atoms with E-state index in [2.05, 4.69) is 10.1 Å². The molecule has 1 amide bonds. The minimum Gasteiger partial charge on any atom is -0.493 e. The molecule has 0 saturated heterocycles. The Bertz CT molecular complexity index is 705. The highest BCUT2D eigenvalue weighted by molar-refractivity contribution is 6.08. The van der Waals surface area contributed by atoms with Crippen molar-refractivity contribution in [3.8, 4) is 5.75 Å². The second-order valence-corrected chi connectivity index (χ2v) is 4.89. The van der Waals surface area contributed by atoms with Crippen LogP contribution in [0.25, 0.3) is 0 Å². The third-order valence-electron chi connectivity index (χ3n) is 3.44. The molecule has 0 aliphatic carbocycles. The average Bonchev–Trinajstić information content (AvgIpc) is 2.87. The predicted octanol–water partition coefficient (Wildman–Crippen LogP) is 0.647. The second-order valence-electron chi connectivity index (χ2n) is 4.89. The number of esters is 1. The molecule has 24 heavy (non-hydrogen) atoms. The molecule has 1 aliphatic heterocycles. The fourth-order valence-corrected chi connectivity index (χ4v) is 2.28. The van der Waals surface area contributed by atoms with E-state index in [0.29, 0.717) is 0 Å². The van der Waals surface area contributed by atoms with Gasteiger partial charge in [0.1, 0.15) is 5.70 Å². The van der Waals surface area contributed by atoms with Crippen LogP contribution in [0, 0.1) is 11.6 Å². The first-order valence-corrected chi connectivity index (χ1v) is 6.94. The van der Waals surface area contributed by atoms with Gasteiger partial charge in [-0.25, -0.2) is 9.18 Å². The molecular formula is C15H16F2N2O5. The van der Waals surface area contributed by atoms with Crippen molar-refractivity contribution in [2.24, 2.45) is 0 Å². The summed E-state index contributed by atoms with van der Waals surface area (Å²) in [7, 11) is 2.33. The summed E-state index contributed by atoms with van der Waals surface area (Å²) >= 11 is 0. The summed E-state index contributed by atoms with van der Waals surface area (Å²) in [6.07, 6.45) is 0. The van der Waals surface area contributed by atoms with Crippen LogP contribution >= 0.6 is 0 Å². The van der Waals surface area contributed by atoms with Gasteiger partial charge < -0.3 is 24.8 Å². The summed E-state index contributed by atoms with van der Waals surface area (Å²) in [4.78, 5) is 25.4. The molecule has 0 unspecified atom stereocenters. The SMILES string of the molecule is COC(=O)C1=C(Nc2cc(F)c(F)c(OC)c2)C(=O)N(CCO)C1. The molecule has 130 valence electrons. The van der Waals surface area contributed by atoms with E-state index in [-0.39, 0.29) is 42.4 Å². The van der Waals surface area contributed by atoms with E-state index >= 15 is 0 Å². The lowest BCUT2D eigenvalue weighted by atomic mass is 10.2. The van der Waals surface area contributed by atoms with Gasteiger partial charge in [-0.2, -0.15) is 4.39 Å². The number of amides is 1. The number of hydrogen-bond acceptors (Lipinski definition) is 6. The van der Waals surface area contributed by atoms with Gasteiger partial charge in [-0.15, -0.1) is 0 Å². The molecule has 9 heteroatoms. The van der Waals surface area contributed by atoms with E-state index in [1.54, 1.807) is 0 Å². The number of aliphatic hydroxyl groups excluding tert-OH is 1. The van der Waals surface area contributed by atoms with Gasteiger partial charge in [-0.05, 0) is 0 Å². The summed E-state index contributed by atoms with van der Waals surface area (Å²) in [6.45, 7) is -0.326. The summed E-state index contributed by atoms with van der Waals surface area (Å²) < 4.78 is 36.4. The third-order valence-corrected chi connectivity index (χ3v) is 3.44. The fraction of sp³-hybridized carbons (Fsp3) is 0.333. The van der Waals surface area contributed by atoms with Gasteiger partial charge in [-0.1, -0.05) is 0 Å². The number of aliphatic hydroxyl groups is 1. The highest BCUT2D eigenvalue weighted by Crippen LogP contribution is 2.28. The maximum absolute atomic E-state index is 13.6. The van der Waals surface area contributed by atoms with Crippen LogP contribution < -0.4 is 10.1 Å². The summed E-state index contributed by atoms with van der Waals surface area (Å²) in [5.74, 6) is -3.98. The van der Waals surface area contributed by atoms with Crippen LogP contribution in [0.15, 0.2) is 23.4 Å². The zero-order valence-electron chi connectivity index (χ0n) is 13.1. The molecule has 0 aromatic heterocycles. The van der Waals surface area contributed by atoms with Crippen LogP contribution in [0.1, 0.15) is 0 Å². The van der Waals surface area contributed by atoms with Crippen molar-refractivity contribution in [1.82, 2.24) is 4.90 Å². The molecule has 2 rings (SSSR count). The maximum atomic E-state index is 13.6. The molecule has 1 aromatic carbocycles. The summed E-state index contributed by atoms with van der Waals surface area (Å²) in [5.41, 5.74) is -0.0654.